The molecule has 0 spiro atoms. The topological polar surface area (TPSA) is 87.7 Å². The molecule has 0 saturated heterocycles. The van der Waals surface area contributed by atoms with E-state index in [1.54, 1.807) is 25.1 Å². The van der Waals surface area contributed by atoms with E-state index in [1.165, 1.54) is 0 Å². The monoisotopic (exact) mass is 255 g/mol. The first-order valence-corrected chi connectivity index (χ1v) is 5.38. The Morgan fingerprint density at radius 3 is 2.82 bits per heavy atom. The van der Waals surface area contributed by atoms with Crippen molar-refractivity contribution in [3.63, 3.8) is 0 Å². The third-order valence-corrected chi connectivity index (χ3v) is 2.64. The number of amides is 1. The standard InChI is InChI=1S/C11H14ClN3O2/c1-6-3-4-8(12)5-9(6)14-11(16)7(2)10(13)15-17/h3-5,7,17H,1-2H3,(H2,13,15)(H,14,16). The van der Waals surface area contributed by atoms with Crippen molar-refractivity contribution in [1.82, 2.24) is 0 Å². The first-order chi connectivity index (χ1) is 7.95. The number of nitrogens with one attached hydrogen (secondary N) is 1. The zero-order valence-electron chi connectivity index (χ0n) is 9.57. The van der Waals surface area contributed by atoms with Gasteiger partial charge in [-0.05, 0) is 31.5 Å². The molecule has 6 heteroatoms. The number of oxime groups is 1. The number of nitrogens with two attached hydrogens (primary N) is 1. The summed E-state index contributed by atoms with van der Waals surface area (Å²) in [6.45, 7) is 3.39. The SMILES string of the molecule is Cc1ccc(Cl)cc1NC(=O)C(C)C(N)=NO. The lowest BCUT2D eigenvalue weighted by atomic mass is 10.1. The summed E-state index contributed by atoms with van der Waals surface area (Å²) >= 11 is 5.83. The van der Waals surface area contributed by atoms with Crippen molar-refractivity contribution in [2.24, 2.45) is 16.8 Å². The molecule has 1 aromatic carbocycles. The molecule has 0 aliphatic carbocycles. The van der Waals surface area contributed by atoms with Crippen LogP contribution in [0.5, 0.6) is 0 Å². The van der Waals surface area contributed by atoms with Crippen LogP contribution in [0.3, 0.4) is 0 Å². The predicted octanol–water partition coefficient (Wildman–Crippen LogP) is 1.97. The molecule has 0 aliphatic rings. The Morgan fingerprint density at radius 1 is 1.59 bits per heavy atom. The molecule has 1 unspecified atom stereocenters. The highest BCUT2D eigenvalue weighted by atomic mass is 35.5. The predicted molar refractivity (Wildman–Crippen MR) is 67.4 cm³/mol. The number of halogens is 1. The van der Waals surface area contributed by atoms with Gasteiger partial charge in [0.25, 0.3) is 0 Å². The van der Waals surface area contributed by atoms with Gasteiger partial charge in [-0.1, -0.05) is 22.8 Å². The fourth-order valence-corrected chi connectivity index (χ4v) is 1.36. The summed E-state index contributed by atoms with van der Waals surface area (Å²) < 4.78 is 0. The van der Waals surface area contributed by atoms with Crippen molar-refractivity contribution in [1.29, 1.82) is 0 Å². The number of hydrogen-bond acceptors (Lipinski definition) is 3. The van der Waals surface area contributed by atoms with E-state index in [2.05, 4.69) is 10.5 Å². The number of carbonyl (C=O) groups excluding carboxylic acids is 1. The van der Waals surface area contributed by atoms with E-state index in [0.29, 0.717) is 10.7 Å². The Morgan fingerprint density at radius 2 is 2.24 bits per heavy atom. The lowest BCUT2D eigenvalue weighted by molar-refractivity contribution is -0.117. The van der Waals surface area contributed by atoms with Crippen LogP contribution in [0.25, 0.3) is 0 Å². The number of amidine groups is 1. The summed E-state index contributed by atoms with van der Waals surface area (Å²) in [5.74, 6) is -1.20. The zero-order chi connectivity index (χ0) is 13.0. The maximum absolute atomic E-state index is 11.8. The Bertz CT molecular complexity index is 460. The van der Waals surface area contributed by atoms with Gasteiger partial charge in [-0.25, -0.2) is 0 Å². The van der Waals surface area contributed by atoms with Crippen LogP contribution in [-0.4, -0.2) is 17.0 Å². The first kappa shape index (κ1) is 13.3. The van der Waals surface area contributed by atoms with Crippen molar-refractivity contribution < 1.29 is 10.0 Å². The van der Waals surface area contributed by atoms with Gasteiger partial charge in [0.05, 0.1) is 5.92 Å². The zero-order valence-corrected chi connectivity index (χ0v) is 10.3. The molecule has 0 bridgehead atoms. The van der Waals surface area contributed by atoms with Gasteiger partial charge in [-0.15, -0.1) is 0 Å². The fraction of sp³-hybridized carbons (Fsp3) is 0.273. The van der Waals surface area contributed by atoms with Crippen molar-refractivity contribution in [3.8, 4) is 0 Å². The van der Waals surface area contributed by atoms with E-state index in [9.17, 15) is 4.79 Å². The number of rotatable bonds is 3. The summed E-state index contributed by atoms with van der Waals surface area (Å²) in [6, 6.07) is 5.18. The molecule has 0 aliphatic heterocycles. The quantitative estimate of drug-likeness (QED) is 0.334. The second-order valence-electron chi connectivity index (χ2n) is 3.70. The lowest BCUT2D eigenvalue weighted by Gasteiger charge is -2.12. The molecule has 1 aromatic rings. The highest BCUT2D eigenvalue weighted by molar-refractivity contribution is 6.31. The maximum Gasteiger partial charge on any atom is 0.234 e. The normalized spacial score (nSPS) is 13.2. The van der Waals surface area contributed by atoms with Crippen molar-refractivity contribution in [2.75, 3.05) is 5.32 Å². The molecule has 1 amide bonds. The molecule has 4 N–H and O–H groups in total. The number of nitrogens with zero attached hydrogens (tertiary/aromatic N) is 1. The van der Waals surface area contributed by atoms with Gasteiger partial charge >= 0.3 is 0 Å². The molecule has 1 rings (SSSR count). The minimum absolute atomic E-state index is 0.137. The smallest absolute Gasteiger partial charge is 0.234 e. The van der Waals surface area contributed by atoms with Gasteiger partial charge in [0, 0.05) is 10.7 Å². The van der Waals surface area contributed by atoms with E-state index in [4.69, 9.17) is 22.5 Å². The Balaban J connectivity index is 2.84. The molecular weight excluding hydrogens is 242 g/mol. The molecule has 5 nitrogen and oxygen atoms in total. The highest BCUT2D eigenvalue weighted by Gasteiger charge is 2.18. The molecule has 1 atom stereocenters. The van der Waals surface area contributed by atoms with Gasteiger partial charge in [0.1, 0.15) is 0 Å². The number of aryl methyl sites for hydroxylation is 1. The Hall–Kier alpha value is -1.75. The van der Waals surface area contributed by atoms with Crippen LogP contribution in [0, 0.1) is 12.8 Å². The summed E-state index contributed by atoms with van der Waals surface area (Å²) in [6.07, 6.45) is 0. The Labute approximate surface area is 104 Å². The summed E-state index contributed by atoms with van der Waals surface area (Å²) in [4.78, 5) is 11.8. The van der Waals surface area contributed by atoms with Crippen LogP contribution < -0.4 is 11.1 Å². The lowest BCUT2D eigenvalue weighted by Crippen LogP contribution is -2.32. The van der Waals surface area contributed by atoms with E-state index in [1.807, 2.05) is 6.92 Å². The molecule has 0 fully saturated rings. The maximum atomic E-state index is 11.8. The first-order valence-electron chi connectivity index (χ1n) is 5.00. The van der Waals surface area contributed by atoms with Gasteiger partial charge in [0.15, 0.2) is 5.84 Å². The van der Waals surface area contributed by atoms with Crippen LogP contribution in [0.4, 0.5) is 5.69 Å². The van der Waals surface area contributed by atoms with Crippen molar-refractivity contribution >= 4 is 29.0 Å². The van der Waals surface area contributed by atoms with Gasteiger partial charge in [0.2, 0.25) is 5.91 Å². The minimum atomic E-state index is -0.710. The number of hydrogen-bond donors (Lipinski definition) is 3. The van der Waals surface area contributed by atoms with Gasteiger partial charge in [-0.3, -0.25) is 4.79 Å². The second kappa shape index (κ2) is 5.54. The summed E-state index contributed by atoms with van der Waals surface area (Å²) in [5, 5.41) is 14.5. The van der Waals surface area contributed by atoms with Crippen molar-refractivity contribution in [2.45, 2.75) is 13.8 Å². The largest absolute Gasteiger partial charge is 0.409 e. The molecule has 92 valence electrons. The molecule has 17 heavy (non-hydrogen) atoms. The number of benzene rings is 1. The highest BCUT2D eigenvalue weighted by Crippen LogP contribution is 2.20. The van der Waals surface area contributed by atoms with E-state index >= 15 is 0 Å². The summed E-state index contributed by atoms with van der Waals surface area (Å²) in [7, 11) is 0. The molecule has 0 saturated carbocycles. The molecule has 0 heterocycles. The third kappa shape index (κ3) is 3.35. The van der Waals surface area contributed by atoms with Gasteiger partial charge in [-0.2, -0.15) is 0 Å². The Kier molecular flexibility index (Phi) is 4.34. The van der Waals surface area contributed by atoms with Gasteiger partial charge < -0.3 is 16.3 Å². The number of carbonyl (C=O) groups is 1. The average Bonchev–Trinajstić information content (AvgIpc) is 2.31. The molecule has 0 radical (unpaired) electrons. The van der Waals surface area contributed by atoms with Crippen molar-refractivity contribution in [3.05, 3.63) is 28.8 Å². The number of anilines is 1. The summed E-state index contributed by atoms with van der Waals surface area (Å²) in [5.41, 5.74) is 6.85. The molecule has 0 aromatic heterocycles. The van der Waals surface area contributed by atoms with Crippen LogP contribution in [0.1, 0.15) is 12.5 Å². The molecular formula is C11H14ClN3O2. The minimum Gasteiger partial charge on any atom is -0.409 e. The third-order valence-electron chi connectivity index (χ3n) is 2.41. The van der Waals surface area contributed by atoms with Crippen LogP contribution in [-0.2, 0) is 4.79 Å². The second-order valence-corrected chi connectivity index (χ2v) is 4.13. The van der Waals surface area contributed by atoms with Crippen LogP contribution in [0.2, 0.25) is 5.02 Å². The fourth-order valence-electron chi connectivity index (χ4n) is 1.19. The van der Waals surface area contributed by atoms with Crippen LogP contribution >= 0.6 is 11.6 Å². The van der Waals surface area contributed by atoms with E-state index in [0.717, 1.165) is 5.56 Å². The van der Waals surface area contributed by atoms with E-state index < -0.39 is 5.92 Å². The van der Waals surface area contributed by atoms with E-state index in [-0.39, 0.29) is 11.7 Å². The average molecular weight is 256 g/mol. The van der Waals surface area contributed by atoms with Crippen LogP contribution in [0.15, 0.2) is 23.4 Å².